The number of fused-ring (bicyclic) bond motifs is 1. The first kappa shape index (κ1) is 31.3. The number of hydrogen-bond acceptors (Lipinski definition) is 5. The van der Waals surface area contributed by atoms with Gasteiger partial charge in [0.15, 0.2) is 5.78 Å². The molecule has 3 aromatic rings. The van der Waals surface area contributed by atoms with Gasteiger partial charge < -0.3 is 9.47 Å². The van der Waals surface area contributed by atoms with Crippen LogP contribution in [0.4, 0.5) is 8.78 Å². The zero-order valence-electron chi connectivity index (χ0n) is 25.6. The predicted octanol–water partition coefficient (Wildman–Crippen LogP) is 6.31. The number of amides is 1. The van der Waals surface area contributed by atoms with Crippen LogP contribution >= 0.6 is 11.6 Å². The fourth-order valence-corrected chi connectivity index (χ4v) is 6.84. The maximum Gasteiger partial charge on any atom is 0.282 e. The van der Waals surface area contributed by atoms with Crippen molar-refractivity contribution in [2.45, 2.75) is 84.2 Å². The Kier molecular flexibility index (Phi) is 8.82. The van der Waals surface area contributed by atoms with E-state index in [2.05, 4.69) is 67.3 Å². The topological polar surface area (TPSA) is 87.1 Å². The molecule has 11 heteroatoms. The molecule has 2 aromatic heterocycles. The van der Waals surface area contributed by atoms with E-state index in [-0.39, 0.29) is 41.2 Å². The van der Waals surface area contributed by atoms with E-state index < -0.39 is 12.1 Å². The highest BCUT2D eigenvalue weighted by Gasteiger charge is 2.37. The molecule has 1 atom stereocenters. The Morgan fingerprint density at radius 2 is 1.91 bits per heavy atom. The monoisotopic (exact) mass is 614 g/mol. The van der Waals surface area contributed by atoms with Crippen molar-refractivity contribution in [2.24, 2.45) is 5.92 Å². The molecule has 4 heterocycles. The number of likely N-dealkylation sites (tertiary alicyclic amines) is 2. The van der Waals surface area contributed by atoms with Crippen LogP contribution in [0.2, 0.25) is 5.02 Å². The first-order valence-corrected chi connectivity index (χ1v) is 15.4. The highest BCUT2D eigenvalue weighted by molar-refractivity contribution is 6.32. The number of benzene rings is 1. The molecule has 5 rings (SSSR count). The molecule has 2 saturated heterocycles. The van der Waals surface area contributed by atoms with Gasteiger partial charge in [-0.15, -0.1) is 0 Å². The van der Waals surface area contributed by atoms with Crippen LogP contribution in [0, 0.1) is 5.92 Å². The third-order valence-corrected chi connectivity index (χ3v) is 9.13. The minimum absolute atomic E-state index is 0.0189. The molecule has 2 aliphatic rings. The summed E-state index contributed by atoms with van der Waals surface area (Å²) in [6.45, 7) is 16.3. The first-order chi connectivity index (χ1) is 20.3. The summed E-state index contributed by atoms with van der Waals surface area (Å²) in [5.41, 5.74) is 2.02. The molecule has 0 radical (unpaired) electrons. The fourth-order valence-electron chi connectivity index (χ4n) is 6.40. The molecule has 0 bridgehead atoms. The number of nitrogens with one attached hydrogen (secondary N) is 1. The minimum Gasteiger partial charge on any atom is -0.338 e. The van der Waals surface area contributed by atoms with Gasteiger partial charge in [-0.1, -0.05) is 39.0 Å². The fraction of sp³-hybridized carbons (Fsp3) is 0.562. The number of imidazole rings is 1. The maximum absolute atomic E-state index is 14.5. The minimum atomic E-state index is -2.88. The van der Waals surface area contributed by atoms with Gasteiger partial charge in [0.25, 0.3) is 6.43 Å². The van der Waals surface area contributed by atoms with Crippen LogP contribution in [0.1, 0.15) is 93.2 Å². The number of halogens is 3. The highest BCUT2D eigenvalue weighted by Crippen LogP contribution is 2.36. The number of aryl methyl sites for hydroxylation is 2. The first-order valence-electron chi connectivity index (χ1n) is 15.0. The van der Waals surface area contributed by atoms with Crippen molar-refractivity contribution >= 4 is 34.2 Å². The molecule has 1 N–H and O–H groups in total. The van der Waals surface area contributed by atoms with E-state index in [1.54, 1.807) is 4.90 Å². The normalized spacial score (nSPS) is 18.3. The van der Waals surface area contributed by atoms with Gasteiger partial charge in [0.1, 0.15) is 17.2 Å². The summed E-state index contributed by atoms with van der Waals surface area (Å²) in [5, 5.41) is 9.15. The molecule has 2 aliphatic heterocycles. The number of H-pyrrole nitrogens is 1. The Bertz CT molecular complexity index is 1530. The second kappa shape index (κ2) is 12.1. The van der Waals surface area contributed by atoms with Gasteiger partial charge in [-0.05, 0) is 55.9 Å². The Morgan fingerprint density at radius 3 is 2.51 bits per heavy atom. The zero-order valence-corrected chi connectivity index (χ0v) is 26.3. The lowest BCUT2D eigenvalue weighted by Gasteiger charge is -2.38. The number of rotatable bonds is 10. The molecule has 2 fully saturated rings. The van der Waals surface area contributed by atoms with Crippen LogP contribution in [0.3, 0.4) is 0 Å². The van der Waals surface area contributed by atoms with Gasteiger partial charge in [0.2, 0.25) is 5.91 Å². The second-order valence-corrected chi connectivity index (χ2v) is 13.6. The Morgan fingerprint density at radius 1 is 1.19 bits per heavy atom. The van der Waals surface area contributed by atoms with Gasteiger partial charge in [0, 0.05) is 73.1 Å². The van der Waals surface area contributed by atoms with E-state index in [1.165, 1.54) is 6.08 Å². The number of ketones is 1. The molecule has 43 heavy (non-hydrogen) atoms. The largest absolute Gasteiger partial charge is 0.338 e. The van der Waals surface area contributed by atoms with Gasteiger partial charge in [0.05, 0.1) is 5.52 Å². The maximum atomic E-state index is 14.5. The molecule has 8 nitrogen and oxygen atoms in total. The molecule has 0 aliphatic carbocycles. The van der Waals surface area contributed by atoms with Crippen molar-refractivity contribution in [1.82, 2.24) is 29.5 Å². The quantitative estimate of drug-likeness (QED) is 0.214. The third-order valence-electron chi connectivity index (χ3n) is 8.82. The number of Topliss-reactive ketones (excluding diaryl/α,β-unsaturated/α-hetero) is 1. The molecule has 1 aromatic carbocycles. The van der Waals surface area contributed by atoms with E-state index in [1.807, 2.05) is 10.6 Å². The number of aromatic amines is 1. The zero-order chi connectivity index (χ0) is 31.2. The Hall–Kier alpha value is -3.11. The smallest absolute Gasteiger partial charge is 0.282 e. The standard InChI is InChI=1S/C32H41ClF2N6O2/c1-7-28(43)40-15-19(16-40)12-26(42)30-29(31(34)35)36-27(41(30)20-10-11-39(17-20)18(2)3)9-8-24-21-13-22(32(4,5)6)23(33)14-25(21)38-37-24/h7,13-14,18-20,31H,1,8-12,15-17H2,2-6H3,(H,37,38). The van der Waals surface area contributed by atoms with E-state index in [0.29, 0.717) is 49.4 Å². The number of hydrogen-bond donors (Lipinski definition) is 1. The van der Waals surface area contributed by atoms with Crippen LogP contribution in [0.5, 0.6) is 0 Å². The Labute approximate surface area is 256 Å². The molecular weight excluding hydrogens is 574 g/mol. The predicted molar refractivity (Wildman–Crippen MR) is 164 cm³/mol. The van der Waals surface area contributed by atoms with Gasteiger partial charge in [-0.3, -0.25) is 19.6 Å². The van der Waals surface area contributed by atoms with Crippen LogP contribution in [0.15, 0.2) is 24.8 Å². The lowest BCUT2D eigenvalue weighted by Crippen LogP contribution is -2.50. The number of aromatic nitrogens is 4. The summed E-state index contributed by atoms with van der Waals surface area (Å²) in [7, 11) is 0. The van der Waals surface area contributed by atoms with Crippen molar-refractivity contribution in [3.63, 3.8) is 0 Å². The molecule has 1 amide bonds. The summed E-state index contributed by atoms with van der Waals surface area (Å²) in [6, 6.07) is 4.07. The summed E-state index contributed by atoms with van der Waals surface area (Å²) < 4.78 is 30.8. The molecule has 0 saturated carbocycles. The highest BCUT2D eigenvalue weighted by atomic mass is 35.5. The third kappa shape index (κ3) is 6.27. The molecule has 232 valence electrons. The van der Waals surface area contributed by atoms with Crippen molar-refractivity contribution < 1.29 is 18.4 Å². The van der Waals surface area contributed by atoms with Gasteiger partial charge in [-0.25, -0.2) is 13.8 Å². The molecule has 0 spiro atoms. The van der Waals surface area contributed by atoms with Crippen molar-refractivity contribution in [1.29, 1.82) is 0 Å². The van der Waals surface area contributed by atoms with Crippen LogP contribution in [-0.2, 0) is 23.1 Å². The van der Waals surface area contributed by atoms with Crippen LogP contribution in [0.25, 0.3) is 10.9 Å². The van der Waals surface area contributed by atoms with E-state index in [0.717, 1.165) is 35.1 Å². The SMILES string of the molecule is C=CC(=O)N1CC(CC(=O)c2c(C(F)F)nc(CCc3[nH]nc4cc(Cl)c(C(C)(C)C)cc34)n2C2CCN(C(C)C)C2)C1. The second-order valence-electron chi connectivity index (χ2n) is 13.2. The average Bonchev–Trinajstić information content (AvgIpc) is 3.64. The lowest BCUT2D eigenvalue weighted by molar-refractivity contribution is -0.132. The Balaban J connectivity index is 1.47. The van der Waals surface area contributed by atoms with E-state index in [9.17, 15) is 18.4 Å². The van der Waals surface area contributed by atoms with Crippen molar-refractivity contribution in [3.8, 4) is 0 Å². The summed E-state index contributed by atoms with van der Waals surface area (Å²) >= 11 is 6.56. The summed E-state index contributed by atoms with van der Waals surface area (Å²) in [4.78, 5) is 34.0. The number of nitrogens with zero attached hydrogens (tertiary/aromatic N) is 5. The van der Waals surface area contributed by atoms with Crippen LogP contribution in [-0.4, -0.2) is 73.5 Å². The molecule has 1 unspecified atom stereocenters. The van der Waals surface area contributed by atoms with Gasteiger partial charge in [-0.2, -0.15) is 5.10 Å². The van der Waals surface area contributed by atoms with E-state index in [4.69, 9.17) is 11.6 Å². The summed E-state index contributed by atoms with van der Waals surface area (Å²) in [6.07, 6.45) is 0.0455. The van der Waals surface area contributed by atoms with Crippen molar-refractivity contribution in [2.75, 3.05) is 26.2 Å². The van der Waals surface area contributed by atoms with E-state index >= 15 is 0 Å². The summed E-state index contributed by atoms with van der Waals surface area (Å²) in [5.74, 6) is -0.125. The molecular formula is C32H41ClF2N6O2. The average molecular weight is 615 g/mol. The van der Waals surface area contributed by atoms with Crippen molar-refractivity contribution in [3.05, 3.63) is 58.3 Å². The lowest BCUT2D eigenvalue weighted by atomic mass is 9.86. The number of alkyl halides is 2. The number of carbonyl (C=O) groups excluding carboxylic acids is 2. The van der Waals surface area contributed by atoms with Gasteiger partial charge >= 0.3 is 0 Å². The van der Waals surface area contributed by atoms with Crippen LogP contribution < -0.4 is 0 Å². The number of carbonyl (C=O) groups is 2.